The van der Waals surface area contributed by atoms with Crippen molar-refractivity contribution in [3.63, 3.8) is 0 Å². The molecule has 1 saturated heterocycles. The van der Waals surface area contributed by atoms with E-state index in [4.69, 9.17) is 4.74 Å². The largest absolute Gasteiger partial charge is 0.508 e. The van der Waals surface area contributed by atoms with Crippen molar-refractivity contribution in [1.29, 1.82) is 0 Å². The Balaban J connectivity index is 2.10. The Kier molecular flexibility index (Phi) is 4.77. The van der Waals surface area contributed by atoms with Gasteiger partial charge in [-0.2, -0.15) is 0 Å². The van der Waals surface area contributed by atoms with Crippen molar-refractivity contribution in [2.24, 2.45) is 0 Å². The molecule has 0 amide bonds. The summed E-state index contributed by atoms with van der Waals surface area (Å²) in [7, 11) is 0. The van der Waals surface area contributed by atoms with E-state index < -0.39 is 0 Å². The van der Waals surface area contributed by atoms with Gasteiger partial charge in [-0.25, -0.2) is 4.39 Å². The molecule has 2 atom stereocenters. The number of hydrogen-bond acceptors (Lipinski definition) is 3. The molecule has 1 N–H and O–H groups in total. The number of halogens is 1. The van der Waals surface area contributed by atoms with Crippen LogP contribution in [0.25, 0.3) is 0 Å². The minimum Gasteiger partial charge on any atom is -0.508 e. The minimum absolute atomic E-state index is 0.0232. The van der Waals surface area contributed by atoms with Crippen molar-refractivity contribution in [2.75, 3.05) is 19.7 Å². The van der Waals surface area contributed by atoms with Gasteiger partial charge in [-0.3, -0.25) is 4.90 Å². The van der Waals surface area contributed by atoms with Gasteiger partial charge in [0.25, 0.3) is 0 Å². The molecule has 1 aliphatic rings. The summed E-state index contributed by atoms with van der Waals surface area (Å²) in [6.45, 7) is 6.57. The number of rotatable bonds is 5. The van der Waals surface area contributed by atoms with E-state index in [1.807, 2.05) is 6.92 Å². The van der Waals surface area contributed by atoms with E-state index >= 15 is 0 Å². The molecular weight excluding hydrogens is 245 g/mol. The van der Waals surface area contributed by atoms with E-state index in [9.17, 15) is 9.50 Å². The van der Waals surface area contributed by atoms with Crippen LogP contribution < -0.4 is 0 Å². The molecule has 1 heterocycles. The SMILES string of the molecule is CCN(CC1CCCO1)C(C)c1cc(F)ccc1O. The maximum Gasteiger partial charge on any atom is 0.123 e. The topological polar surface area (TPSA) is 32.7 Å². The second-order valence-electron chi connectivity index (χ2n) is 5.10. The van der Waals surface area contributed by atoms with Crippen molar-refractivity contribution < 1.29 is 14.2 Å². The number of phenols is 1. The van der Waals surface area contributed by atoms with Crippen molar-refractivity contribution >= 4 is 0 Å². The number of hydrogen-bond donors (Lipinski definition) is 1. The second kappa shape index (κ2) is 6.35. The lowest BCUT2D eigenvalue weighted by atomic mass is 10.0. The highest BCUT2D eigenvalue weighted by Crippen LogP contribution is 2.29. The lowest BCUT2D eigenvalue weighted by molar-refractivity contribution is 0.0614. The second-order valence-corrected chi connectivity index (χ2v) is 5.10. The van der Waals surface area contributed by atoms with Gasteiger partial charge in [0.1, 0.15) is 11.6 Å². The molecule has 1 fully saturated rings. The van der Waals surface area contributed by atoms with Crippen LogP contribution in [-0.2, 0) is 4.74 Å². The zero-order valence-corrected chi connectivity index (χ0v) is 11.6. The molecule has 0 spiro atoms. The number of benzene rings is 1. The maximum atomic E-state index is 13.3. The van der Waals surface area contributed by atoms with Gasteiger partial charge in [0.05, 0.1) is 6.10 Å². The van der Waals surface area contributed by atoms with Crippen LogP contribution in [-0.4, -0.2) is 35.8 Å². The first-order chi connectivity index (χ1) is 9.11. The third-order valence-corrected chi connectivity index (χ3v) is 3.86. The summed E-state index contributed by atoms with van der Waals surface area (Å²) < 4.78 is 19.0. The normalized spacial score (nSPS) is 20.9. The molecule has 3 nitrogen and oxygen atoms in total. The van der Waals surface area contributed by atoms with Crippen LogP contribution in [0.5, 0.6) is 5.75 Å². The molecule has 1 aliphatic heterocycles. The molecule has 0 saturated carbocycles. The van der Waals surface area contributed by atoms with Gasteiger partial charge in [-0.15, -0.1) is 0 Å². The number of likely N-dealkylation sites (N-methyl/N-ethyl adjacent to an activating group) is 1. The first kappa shape index (κ1) is 14.3. The van der Waals surface area contributed by atoms with E-state index in [1.165, 1.54) is 18.2 Å². The highest BCUT2D eigenvalue weighted by molar-refractivity contribution is 5.34. The summed E-state index contributed by atoms with van der Waals surface area (Å²) in [6.07, 6.45) is 2.46. The molecule has 19 heavy (non-hydrogen) atoms. The number of ether oxygens (including phenoxy) is 1. The minimum atomic E-state index is -0.312. The standard InChI is InChI=1S/C15H22FNO2/c1-3-17(10-13-5-4-8-19-13)11(2)14-9-12(16)6-7-15(14)18/h6-7,9,11,13,18H,3-5,8,10H2,1-2H3. The van der Waals surface area contributed by atoms with Gasteiger partial charge in [0, 0.05) is 24.8 Å². The fourth-order valence-corrected chi connectivity index (χ4v) is 2.67. The Morgan fingerprint density at radius 3 is 2.95 bits per heavy atom. The lowest BCUT2D eigenvalue weighted by Gasteiger charge is -2.30. The van der Waals surface area contributed by atoms with Crippen molar-refractivity contribution in [1.82, 2.24) is 4.90 Å². The molecule has 1 aromatic carbocycles. The monoisotopic (exact) mass is 267 g/mol. The van der Waals surface area contributed by atoms with Crippen molar-refractivity contribution in [3.05, 3.63) is 29.6 Å². The third-order valence-electron chi connectivity index (χ3n) is 3.86. The van der Waals surface area contributed by atoms with Gasteiger partial charge >= 0.3 is 0 Å². The van der Waals surface area contributed by atoms with E-state index in [2.05, 4.69) is 11.8 Å². The Bertz CT molecular complexity index is 419. The smallest absolute Gasteiger partial charge is 0.123 e. The van der Waals surface area contributed by atoms with Crippen LogP contribution >= 0.6 is 0 Å². The summed E-state index contributed by atoms with van der Waals surface area (Å²) in [6, 6.07) is 4.09. The summed E-state index contributed by atoms with van der Waals surface area (Å²) >= 11 is 0. The summed E-state index contributed by atoms with van der Waals surface area (Å²) in [5.74, 6) is -0.160. The summed E-state index contributed by atoms with van der Waals surface area (Å²) in [4.78, 5) is 2.21. The molecule has 0 bridgehead atoms. The molecule has 0 aliphatic carbocycles. The zero-order chi connectivity index (χ0) is 13.8. The van der Waals surface area contributed by atoms with Crippen LogP contribution in [0.3, 0.4) is 0 Å². The average molecular weight is 267 g/mol. The summed E-state index contributed by atoms with van der Waals surface area (Å²) in [5, 5.41) is 9.89. The average Bonchev–Trinajstić information content (AvgIpc) is 2.91. The first-order valence-corrected chi connectivity index (χ1v) is 6.96. The molecule has 2 rings (SSSR count). The highest BCUT2D eigenvalue weighted by atomic mass is 19.1. The Morgan fingerprint density at radius 2 is 2.32 bits per heavy atom. The Morgan fingerprint density at radius 1 is 1.53 bits per heavy atom. The molecule has 106 valence electrons. The predicted molar refractivity (Wildman–Crippen MR) is 72.7 cm³/mol. The molecule has 0 aromatic heterocycles. The quantitative estimate of drug-likeness (QED) is 0.890. The molecule has 4 heteroatoms. The number of aromatic hydroxyl groups is 1. The number of phenolic OH excluding ortho intramolecular Hbond substituents is 1. The van der Waals surface area contributed by atoms with E-state index in [0.717, 1.165) is 32.5 Å². The number of nitrogens with zero attached hydrogens (tertiary/aromatic N) is 1. The van der Waals surface area contributed by atoms with Gasteiger partial charge in [0.15, 0.2) is 0 Å². The molecular formula is C15H22FNO2. The van der Waals surface area contributed by atoms with E-state index in [1.54, 1.807) is 0 Å². The van der Waals surface area contributed by atoms with Crippen LogP contribution in [0.4, 0.5) is 4.39 Å². The summed E-state index contributed by atoms with van der Waals surface area (Å²) in [5.41, 5.74) is 0.639. The van der Waals surface area contributed by atoms with Gasteiger partial charge in [0.2, 0.25) is 0 Å². The fourth-order valence-electron chi connectivity index (χ4n) is 2.67. The van der Waals surface area contributed by atoms with E-state index in [-0.39, 0.29) is 23.7 Å². The molecule has 2 unspecified atom stereocenters. The van der Waals surface area contributed by atoms with Gasteiger partial charge < -0.3 is 9.84 Å². The van der Waals surface area contributed by atoms with Crippen LogP contribution in [0, 0.1) is 5.82 Å². The zero-order valence-electron chi connectivity index (χ0n) is 11.6. The predicted octanol–water partition coefficient (Wildman–Crippen LogP) is 3.09. The molecule has 0 radical (unpaired) electrons. The Hall–Kier alpha value is -1.13. The highest BCUT2D eigenvalue weighted by Gasteiger charge is 2.23. The fraction of sp³-hybridized carbons (Fsp3) is 0.600. The third kappa shape index (κ3) is 3.45. The Labute approximate surface area is 114 Å². The van der Waals surface area contributed by atoms with Crippen molar-refractivity contribution in [2.45, 2.75) is 38.8 Å². The van der Waals surface area contributed by atoms with E-state index in [0.29, 0.717) is 5.56 Å². The van der Waals surface area contributed by atoms with Crippen molar-refractivity contribution in [3.8, 4) is 5.75 Å². The first-order valence-electron chi connectivity index (χ1n) is 6.96. The van der Waals surface area contributed by atoms with Gasteiger partial charge in [-0.1, -0.05) is 6.92 Å². The van der Waals surface area contributed by atoms with Crippen LogP contribution in [0.15, 0.2) is 18.2 Å². The lowest BCUT2D eigenvalue weighted by Crippen LogP contribution is -2.34. The van der Waals surface area contributed by atoms with Gasteiger partial charge in [-0.05, 0) is 44.5 Å². The maximum absolute atomic E-state index is 13.3. The molecule has 1 aromatic rings. The van der Waals surface area contributed by atoms with Crippen LogP contribution in [0.1, 0.15) is 38.3 Å². The van der Waals surface area contributed by atoms with Crippen LogP contribution in [0.2, 0.25) is 0 Å².